The van der Waals surface area contributed by atoms with Crippen LogP contribution >= 0.6 is 27.5 Å². The average molecular weight is 386 g/mol. The Labute approximate surface area is 136 Å². The third kappa shape index (κ3) is 3.56. The average Bonchev–Trinajstić information content (AvgIpc) is 2.42. The van der Waals surface area contributed by atoms with E-state index >= 15 is 0 Å². The fraction of sp³-hybridized carbons (Fsp3) is 0.0714. The van der Waals surface area contributed by atoms with E-state index in [4.69, 9.17) is 16.9 Å². The lowest BCUT2D eigenvalue weighted by atomic mass is 10.2. The Morgan fingerprint density at radius 2 is 1.86 bits per heavy atom. The van der Waals surface area contributed by atoms with Gasteiger partial charge < -0.3 is 0 Å². The molecular formula is C14H10BrClN2O2S. The molecule has 0 saturated heterocycles. The summed E-state index contributed by atoms with van der Waals surface area (Å²) in [6, 6.07) is 11.3. The number of anilines is 1. The summed E-state index contributed by atoms with van der Waals surface area (Å²) in [7, 11) is -3.80. The van der Waals surface area contributed by atoms with Gasteiger partial charge >= 0.3 is 0 Å². The van der Waals surface area contributed by atoms with Gasteiger partial charge in [-0.3, -0.25) is 4.72 Å². The van der Waals surface area contributed by atoms with Gasteiger partial charge in [-0.15, -0.1) is 0 Å². The van der Waals surface area contributed by atoms with E-state index in [1.165, 1.54) is 24.3 Å². The zero-order valence-electron chi connectivity index (χ0n) is 10.9. The predicted octanol–water partition coefficient (Wildman–Crippen LogP) is 4.08. The van der Waals surface area contributed by atoms with E-state index in [1.807, 2.05) is 13.0 Å². The lowest BCUT2D eigenvalue weighted by Gasteiger charge is -2.11. The van der Waals surface area contributed by atoms with E-state index in [2.05, 4.69) is 20.7 Å². The molecule has 0 fully saturated rings. The van der Waals surface area contributed by atoms with Crippen molar-refractivity contribution in [3.05, 3.63) is 57.0 Å². The van der Waals surface area contributed by atoms with Crippen molar-refractivity contribution in [2.24, 2.45) is 0 Å². The minimum atomic E-state index is -3.80. The van der Waals surface area contributed by atoms with Crippen LogP contribution in [0.15, 0.2) is 45.8 Å². The quantitative estimate of drug-likeness (QED) is 0.865. The smallest absolute Gasteiger partial charge is 0.261 e. The molecule has 0 radical (unpaired) electrons. The van der Waals surface area contributed by atoms with E-state index in [-0.39, 0.29) is 21.2 Å². The number of nitrogens with one attached hydrogen (secondary N) is 1. The van der Waals surface area contributed by atoms with E-state index in [0.29, 0.717) is 4.47 Å². The number of hydrogen-bond donors (Lipinski definition) is 1. The van der Waals surface area contributed by atoms with Crippen molar-refractivity contribution >= 4 is 43.2 Å². The van der Waals surface area contributed by atoms with Crippen LogP contribution < -0.4 is 4.72 Å². The summed E-state index contributed by atoms with van der Waals surface area (Å²) in [6.07, 6.45) is 0. The highest BCUT2D eigenvalue weighted by Crippen LogP contribution is 2.31. The van der Waals surface area contributed by atoms with Crippen molar-refractivity contribution in [3.8, 4) is 6.07 Å². The Kier molecular flexibility index (Phi) is 4.57. The highest BCUT2D eigenvalue weighted by Gasteiger charge is 2.18. The SMILES string of the molecule is Cc1ccc(S(=O)(=O)Nc2c(Cl)cc(Br)cc2C#N)cc1. The number of nitrogens with zero attached hydrogens (tertiary/aromatic N) is 1. The van der Waals surface area contributed by atoms with Crippen LogP contribution in [0.2, 0.25) is 5.02 Å². The fourth-order valence-electron chi connectivity index (χ4n) is 1.68. The molecule has 0 aliphatic heterocycles. The number of aryl methyl sites for hydroxylation is 1. The van der Waals surface area contributed by atoms with Crippen molar-refractivity contribution in [2.45, 2.75) is 11.8 Å². The standard InChI is InChI=1S/C14H10BrClN2O2S/c1-9-2-4-12(5-3-9)21(19,20)18-14-10(8-17)6-11(15)7-13(14)16/h2-7,18H,1H3. The third-order valence-corrected chi connectivity index (χ3v) is 4.86. The largest absolute Gasteiger partial charge is 0.277 e. The van der Waals surface area contributed by atoms with Crippen LogP contribution in [0.25, 0.3) is 0 Å². The van der Waals surface area contributed by atoms with Gasteiger partial charge in [0, 0.05) is 4.47 Å². The molecule has 0 amide bonds. The van der Waals surface area contributed by atoms with Gasteiger partial charge in [0.2, 0.25) is 0 Å². The molecular weight excluding hydrogens is 376 g/mol. The number of nitriles is 1. The molecule has 21 heavy (non-hydrogen) atoms. The van der Waals surface area contributed by atoms with Crippen molar-refractivity contribution in [2.75, 3.05) is 4.72 Å². The zero-order valence-corrected chi connectivity index (χ0v) is 14.1. The lowest BCUT2D eigenvalue weighted by Crippen LogP contribution is -2.14. The molecule has 0 aliphatic rings. The highest BCUT2D eigenvalue weighted by molar-refractivity contribution is 9.10. The topological polar surface area (TPSA) is 70.0 Å². The molecule has 2 aromatic carbocycles. The number of benzene rings is 2. The molecule has 108 valence electrons. The van der Waals surface area contributed by atoms with Gasteiger partial charge in [0.25, 0.3) is 10.0 Å². The van der Waals surface area contributed by atoms with Gasteiger partial charge in [0.05, 0.1) is 21.2 Å². The van der Waals surface area contributed by atoms with Crippen molar-refractivity contribution in [3.63, 3.8) is 0 Å². The normalized spacial score (nSPS) is 11.0. The van der Waals surface area contributed by atoms with Crippen LogP contribution in [0.1, 0.15) is 11.1 Å². The Balaban J connectivity index is 2.47. The first-order valence-corrected chi connectivity index (χ1v) is 8.47. The maximum absolute atomic E-state index is 12.3. The zero-order chi connectivity index (χ0) is 15.6. The minimum Gasteiger partial charge on any atom is -0.277 e. The Morgan fingerprint density at radius 3 is 2.43 bits per heavy atom. The van der Waals surface area contributed by atoms with Crippen molar-refractivity contribution in [1.82, 2.24) is 0 Å². The summed E-state index contributed by atoms with van der Waals surface area (Å²) in [6.45, 7) is 1.86. The third-order valence-electron chi connectivity index (χ3n) is 2.74. The minimum absolute atomic E-state index is 0.0722. The van der Waals surface area contributed by atoms with Gasteiger partial charge in [-0.05, 0) is 31.2 Å². The molecule has 0 bridgehead atoms. The first-order valence-electron chi connectivity index (χ1n) is 5.82. The van der Waals surface area contributed by atoms with E-state index in [0.717, 1.165) is 5.56 Å². The Hall–Kier alpha value is -1.55. The highest BCUT2D eigenvalue weighted by atomic mass is 79.9. The van der Waals surface area contributed by atoms with Gasteiger partial charge in [-0.2, -0.15) is 5.26 Å². The van der Waals surface area contributed by atoms with Crippen LogP contribution in [0, 0.1) is 18.3 Å². The van der Waals surface area contributed by atoms with E-state index in [9.17, 15) is 8.42 Å². The maximum Gasteiger partial charge on any atom is 0.261 e. The molecule has 0 atom stereocenters. The molecule has 0 unspecified atom stereocenters. The number of hydrogen-bond acceptors (Lipinski definition) is 3. The summed E-state index contributed by atoms with van der Waals surface area (Å²) in [5.74, 6) is 0. The molecule has 0 heterocycles. The van der Waals surface area contributed by atoms with E-state index in [1.54, 1.807) is 12.1 Å². The molecule has 0 aliphatic carbocycles. The predicted molar refractivity (Wildman–Crippen MR) is 85.9 cm³/mol. The summed E-state index contributed by atoms with van der Waals surface area (Å²) in [4.78, 5) is 0.107. The van der Waals surface area contributed by atoms with Crippen LogP contribution in [-0.2, 0) is 10.0 Å². The molecule has 0 aromatic heterocycles. The van der Waals surface area contributed by atoms with Gasteiger partial charge in [0.1, 0.15) is 6.07 Å². The van der Waals surface area contributed by atoms with Crippen molar-refractivity contribution < 1.29 is 8.42 Å². The first kappa shape index (κ1) is 15.8. The monoisotopic (exact) mass is 384 g/mol. The molecule has 4 nitrogen and oxygen atoms in total. The van der Waals surface area contributed by atoms with Crippen molar-refractivity contribution in [1.29, 1.82) is 5.26 Å². The summed E-state index contributed by atoms with van der Waals surface area (Å²) in [5.41, 5.74) is 1.17. The number of rotatable bonds is 3. The van der Waals surface area contributed by atoms with Crippen LogP contribution in [-0.4, -0.2) is 8.42 Å². The van der Waals surface area contributed by atoms with Gasteiger partial charge in [-0.25, -0.2) is 8.42 Å². The second-order valence-corrected chi connectivity index (χ2v) is 7.35. The summed E-state index contributed by atoms with van der Waals surface area (Å²) < 4.78 is 27.6. The summed E-state index contributed by atoms with van der Waals surface area (Å²) >= 11 is 9.23. The first-order chi connectivity index (χ1) is 9.83. The van der Waals surface area contributed by atoms with Crippen LogP contribution in [0.3, 0.4) is 0 Å². The summed E-state index contributed by atoms with van der Waals surface area (Å²) in [5, 5.41) is 9.26. The molecule has 1 N–H and O–H groups in total. The second kappa shape index (κ2) is 6.06. The Bertz CT molecular complexity index is 827. The van der Waals surface area contributed by atoms with Gasteiger partial charge in [-0.1, -0.05) is 45.2 Å². The molecule has 0 saturated carbocycles. The second-order valence-electron chi connectivity index (χ2n) is 4.34. The molecule has 0 spiro atoms. The molecule has 2 rings (SSSR count). The molecule has 2 aromatic rings. The van der Waals surface area contributed by atoms with Crippen LogP contribution in [0.4, 0.5) is 5.69 Å². The van der Waals surface area contributed by atoms with Crippen LogP contribution in [0.5, 0.6) is 0 Å². The Morgan fingerprint density at radius 1 is 1.24 bits per heavy atom. The molecule has 7 heteroatoms. The lowest BCUT2D eigenvalue weighted by molar-refractivity contribution is 0.601. The number of sulfonamides is 1. The maximum atomic E-state index is 12.3. The van der Waals surface area contributed by atoms with Gasteiger partial charge in [0.15, 0.2) is 0 Å². The number of halogens is 2. The fourth-order valence-corrected chi connectivity index (χ4v) is 3.69. The van der Waals surface area contributed by atoms with E-state index < -0.39 is 10.0 Å².